The lowest BCUT2D eigenvalue weighted by Crippen LogP contribution is -2.27. The zero-order valence-corrected chi connectivity index (χ0v) is 13.5. The summed E-state index contributed by atoms with van der Waals surface area (Å²) in [6.45, 7) is 3.38. The van der Waals surface area contributed by atoms with Crippen molar-refractivity contribution in [3.8, 4) is 0 Å². The molecule has 1 N–H and O–H groups in total. The average molecular weight is 297 g/mol. The molecule has 0 aliphatic carbocycles. The van der Waals surface area contributed by atoms with Gasteiger partial charge in [0.25, 0.3) is 0 Å². The van der Waals surface area contributed by atoms with E-state index in [0.717, 1.165) is 19.4 Å². The first-order valence-corrected chi connectivity index (χ1v) is 8.65. The standard InChI is InChI=1S/C17H31NO3/c1-2-3-4-5-6-7-8-9-10-11-12-18-14-15(17(20)21)13-16(18)19/h15H,2-14H2,1H3,(H,20,21)/t15-/m1/s1. The maximum absolute atomic E-state index is 11.6. The zero-order chi connectivity index (χ0) is 15.5. The number of carboxylic acid groups (broad SMARTS) is 1. The summed E-state index contributed by atoms with van der Waals surface area (Å²) in [7, 11) is 0. The van der Waals surface area contributed by atoms with E-state index in [9.17, 15) is 9.59 Å². The van der Waals surface area contributed by atoms with Crippen LogP contribution in [0.4, 0.5) is 0 Å². The summed E-state index contributed by atoms with van der Waals surface area (Å²) < 4.78 is 0. The molecule has 0 spiro atoms. The number of carboxylic acids is 1. The SMILES string of the molecule is CCCCCCCCCCCCN1C[C@H](C(=O)O)CC1=O. The van der Waals surface area contributed by atoms with Crippen molar-refractivity contribution in [2.24, 2.45) is 5.92 Å². The predicted octanol–water partition coefficient (Wildman–Crippen LogP) is 3.84. The number of carbonyl (C=O) groups excluding carboxylic acids is 1. The highest BCUT2D eigenvalue weighted by Crippen LogP contribution is 2.19. The van der Waals surface area contributed by atoms with Gasteiger partial charge in [0.2, 0.25) is 5.91 Å². The van der Waals surface area contributed by atoms with Crippen molar-refractivity contribution in [2.75, 3.05) is 13.1 Å². The molecule has 1 rings (SSSR count). The number of nitrogens with zero attached hydrogens (tertiary/aromatic N) is 1. The Hall–Kier alpha value is -1.06. The third kappa shape index (κ3) is 7.49. The Morgan fingerprint density at radius 2 is 1.57 bits per heavy atom. The fourth-order valence-electron chi connectivity index (χ4n) is 2.94. The Kier molecular flexibility index (Phi) is 9.11. The highest BCUT2D eigenvalue weighted by molar-refractivity contribution is 5.86. The summed E-state index contributed by atoms with van der Waals surface area (Å²) >= 11 is 0. The Bertz CT molecular complexity index is 317. The molecule has 4 nitrogen and oxygen atoms in total. The van der Waals surface area contributed by atoms with E-state index in [0.29, 0.717) is 6.54 Å². The van der Waals surface area contributed by atoms with Crippen LogP contribution < -0.4 is 0 Å². The van der Waals surface area contributed by atoms with Crippen LogP contribution in [0.3, 0.4) is 0 Å². The number of aliphatic carboxylic acids is 1. The van der Waals surface area contributed by atoms with Gasteiger partial charge in [-0.3, -0.25) is 9.59 Å². The minimum Gasteiger partial charge on any atom is -0.481 e. The number of likely N-dealkylation sites (tertiary alicyclic amines) is 1. The molecule has 0 aromatic carbocycles. The molecule has 0 bridgehead atoms. The molecule has 0 saturated carbocycles. The Morgan fingerprint density at radius 3 is 2.05 bits per heavy atom. The quantitative estimate of drug-likeness (QED) is 0.557. The fraction of sp³-hybridized carbons (Fsp3) is 0.882. The molecule has 1 heterocycles. The lowest BCUT2D eigenvalue weighted by atomic mass is 10.1. The first kappa shape index (κ1) is 18.0. The normalized spacial score (nSPS) is 18.4. The number of rotatable bonds is 12. The largest absolute Gasteiger partial charge is 0.481 e. The minimum atomic E-state index is -0.839. The number of amides is 1. The van der Waals surface area contributed by atoms with E-state index in [-0.39, 0.29) is 12.3 Å². The number of hydrogen-bond acceptors (Lipinski definition) is 2. The zero-order valence-electron chi connectivity index (χ0n) is 13.5. The summed E-state index contributed by atoms with van der Waals surface area (Å²) in [5.41, 5.74) is 0. The summed E-state index contributed by atoms with van der Waals surface area (Å²) in [6.07, 6.45) is 13.0. The molecule has 4 heteroatoms. The van der Waals surface area contributed by atoms with Crippen LogP contribution in [0.1, 0.15) is 77.6 Å². The van der Waals surface area contributed by atoms with E-state index in [1.54, 1.807) is 4.90 Å². The second-order valence-corrected chi connectivity index (χ2v) is 6.26. The molecule has 0 aromatic heterocycles. The van der Waals surface area contributed by atoms with Crippen LogP contribution in [-0.4, -0.2) is 35.0 Å². The molecule has 0 aromatic rings. The fourth-order valence-corrected chi connectivity index (χ4v) is 2.94. The molecule has 1 aliphatic heterocycles. The molecule has 1 fully saturated rings. The van der Waals surface area contributed by atoms with Crippen molar-refractivity contribution in [1.29, 1.82) is 0 Å². The molecule has 0 radical (unpaired) electrons. The molecular weight excluding hydrogens is 266 g/mol. The minimum absolute atomic E-state index is 0.0123. The summed E-state index contributed by atoms with van der Waals surface area (Å²) in [5, 5.41) is 8.92. The molecule has 1 amide bonds. The van der Waals surface area contributed by atoms with Crippen LogP contribution in [0.2, 0.25) is 0 Å². The number of hydrogen-bond donors (Lipinski definition) is 1. The molecule has 21 heavy (non-hydrogen) atoms. The molecule has 122 valence electrons. The average Bonchev–Trinajstić information content (AvgIpc) is 2.82. The molecule has 0 unspecified atom stereocenters. The van der Waals surface area contributed by atoms with Crippen LogP contribution in [0.5, 0.6) is 0 Å². The Labute approximate surface area is 128 Å². The van der Waals surface area contributed by atoms with Crippen molar-refractivity contribution >= 4 is 11.9 Å². The van der Waals surface area contributed by atoms with Crippen LogP contribution in [0.25, 0.3) is 0 Å². The van der Waals surface area contributed by atoms with Crippen molar-refractivity contribution < 1.29 is 14.7 Å². The topological polar surface area (TPSA) is 57.6 Å². The van der Waals surface area contributed by atoms with Crippen LogP contribution in [-0.2, 0) is 9.59 Å². The number of carbonyl (C=O) groups is 2. The number of unbranched alkanes of at least 4 members (excludes halogenated alkanes) is 9. The van der Waals surface area contributed by atoms with Gasteiger partial charge in [0.05, 0.1) is 5.92 Å². The lowest BCUT2D eigenvalue weighted by molar-refractivity contribution is -0.141. The van der Waals surface area contributed by atoms with Crippen molar-refractivity contribution in [2.45, 2.75) is 77.6 Å². The highest BCUT2D eigenvalue weighted by atomic mass is 16.4. The second kappa shape index (κ2) is 10.6. The van der Waals surface area contributed by atoms with Gasteiger partial charge in [-0.2, -0.15) is 0 Å². The predicted molar refractivity (Wildman–Crippen MR) is 84.2 cm³/mol. The van der Waals surface area contributed by atoms with E-state index in [1.807, 2.05) is 0 Å². The smallest absolute Gasteiger partial charge is 0.308 e. The van der Waals surface area contributed by atoms with Gasteiger partial charge in [-0.15, -0.1) is 0 Å². The van der Waals surface area contributed by atoms with Gasteiger partial charge in [0.1, 0.15) is 0 Å². The van der Waals surface area contributed by atoms with Gasteiger partial charge in [-0.25, -0.2) is 0 Å². The highest BCUT2D eigenvalue weighted by Gasteiger charge is 2.33. The monoisotopic (exact) mass is 297 g/mol. The van der Waals surface area contributed by atoms with Gasteiger partial charge in [0, 0.05) is 19.5 Å². The third-order valence-electron chi connectivity index (χ3n) is 4.35. The molecular formula is C17H31NO3. The first-order chi connectivity index (χ1) is 10.1. The first-order valence-electron chi connectivity index (χ1n) is 8.65. The van der Waals surface area contributed by atoms with E-state index >= 15 is 0 Å². The summed E-state index contributed by atoms with van der Waals surface area (Å²) in [6, 6.07) is 0. The van der Waals surface area contributed by atoms with Crippen molar-refractivity contribution in [1.82, 2.24) is 4.90 Å². The molecule has 1 aliphatic rings. The molecule has 1 saturated heterocycles. The van der Waals surface area contributed by atoms with Crippen LogP contribution in [0.15, 0.2) is 0 Å². The van der Waals surface area contributed by atoms with E-state index < -0.39 is 11.9 Å². The van der Waals surface area contributed by atoms with Gasteiger partial charge >= 0.3 is 5.97 Å². The summed E-state index contributed by atoms with van der Waals surface area (Å²) in [5.74, 6) is -1.31. The summed E-state index contributed by atoms with van der Waals surface area (Å²) in [4.78, 5) is 24.2. The van der Waals surface area contributed by atoms with E-state index in [1.165, 1.54) is 51.4 Å². The van der Waals surface area contributed by atoms with E-state index in [4.69, 9.17) is 5.11 Å². The van der Waals surface area contributed by atoms with Gasteiger partial charge in [-0.05, 0) is 6.42 Å². The Morgan fingerprint density at radius 1 is 1.05 bits per heavy atom. The Balaban J connectivity index is 1.93. The second-order valence-electron chi connectivity index (χ2n) is 6.26. The lowest BCUT2D eigenvalue weighted by Gasteiger charge is -2.15. The van der Waals surface area contributed by atoms with Crippen LogP contribution >= 0.6 is 0 Å². The van der Waals surface area contributed by atoms with Crippen molar-refractivity contribution in [3.63, 3.8) is 0 Å². The van der Waals surface area contributed by atoms with Gasteiger partial charge < -0.3 is 10.0 Å². The van der Waals surface area contributed by atoms with Gasteiger partial charge in [0.15, 0.2) is 0 Å². The van der Waals surface area contributed by atoms with Gasteiger partial charge in [-0.1, -0.05) is 64.7 Å². The molecule has 1 atom stereocenters. The van der Waals surface area contributed by atoms with Crippen molar-refractivity contribution in [3.05, 3.63) is 0 Å². The maximum Gasteiger partial charge on any atom is 0.308 e. The van der Waals surface area contributed by atoms with E-state index in [2.05, 4.69) is 6.92 Å². The maximum atomic E-state index is 11.6. The van der Waals surface area contributed by atoms with Crippen LogP contribution in [0, 0.1) is 5.92 Å². The third-order valence-corrected chi connectivity index (χ3v) is 4.35.